The topological polar surface area (TPSA) is 61.8 Å². The third-order valence-electron chi connectivity index (χ3n) is 5.61. The van der Waals surface area contributed by atoms with Crippen LogP contribution in [-0.4, -0.2) is 54.9 Å². The van der Waals surface area contributed by atoms with Crippen LogP contribution >= 0.6 is 15.9 Å². The van der Waals surface area contributed by atoms with E-state index in [0.29, 0.717) is 19.1 Å². The highest BCUT2D eigenvalue weighted by atomic mass is 79.9. The largest absolute Gasteiger partial charge is 0.385 e. The Bertz CT molecular complexity index is 691. The van der Waals surface area contributed by atoms with Crippen molar-refractivity contribution >= 4 is 27.4 Å². The number of hydrogen-bond acceptors (Lipinski definition) is 4. The van der Waals surface area contributed by atoms with Crippen molar-refractivity contribution in [1.82, 2.24) is 10.2 Å². The fourth-order valence-corrected chi connectivity index (χ4v) is 4.04. The Balaban J connectivity index is 0.000000456. The number of nitrogens with zero attached hydrogens (tertiary/aromatic N) is 1. The quantitative estimate of drug-likeness (QED) is 0.461. The van der Waals surface area contributed by atoms with Crippen molar-refractivity contribution in [3.8, 4) is 0 Å². The fourth-order valence-electron chi connectivity index (χ4n) is 3.54. The van der Waals surface area contributed by atoms with Gasteiger partial charge in [0.1, 0.15) is 5.60 Å². The van der Waals surface area contributed by atoms with Gasteiger partial charge in [-0.1, -0.05) is 59.8 Å². The van der Waals surface area contributed by atoms with Gasteiger partial charge in [-0.25, -0.2) is 0 Å². The molecule has 0 spiro atoms. The molecule has 1 aromatic carbocycles. The van der Waals surface area contributed by atoms with Crippen molar-refractivity contribution < 1.29 is 14.6 Å². The molecule has 2 aliphatic rings. The van der Waals surface area contributed by atoms with Crippen LogP contribution in [0.5, 0.6) is 0 Å². The molecule has 3 rings (SSSR count). The average molecular weight is 481 g/mol. The summed E-state index contributed by atoms with van der Waals surface area (Å²) in [4.78, 5) is 14.9. The monoisotopic (exact) mass is 480 g/mol. The highest BCUT2D eigenvalue weighted by molar-refractivity contribution is 9.10. The molecule has 0 atom stereocenters. The lowest BCUT2D eigenvalue weighted by atomic mass is 10.00. The zero-order chi connectivity index (χ0) is 22.0. The maximum Gasteiger partial charge on any atom is 0.253 e. The zero-order valence-electron chi connectivity index (χ0n) is 18.6. The molecule has 0 aromatic heterocycles. The van der Waals surface area contributed by atoms with Crippen molar-refractivity contribution in [1.29, 1.82) is 0 Å². The molecule has 5 nitrogen and oxygen atoms in total. The Kier molecular flexibility index (Phi) is 10.4. The molecule has 0 radical (unpaired) electrons. The molecule has 1 amide bonds. The summed E-state index contributed by atoms with van der Waals surface area (Å²) >= 11 is 3.58. The van der Waals surface area contributed by atoms with Crippen molar-refractivity contribution in [3.63, 3.8) is 0 Å². The number of rotatable bonds is 6. The molecular weight excluding hydrogens is 444 g/mol. The molecule has 30 heavy (non-hydrogen) atoms. The molecule has 1 heterocycles. The first-order valence-electron chi connectivity index (χ1n) is 11.1. The van der Waals surface area contributed by atoms with E-state index in [1.165, 1.54) is 38.5 Å². The highest BCUT2D eigenvalue weighted by Gasteiger charge is 2.29. The summed E-state index contributed by atoms with van der Waals surface area (Å²) in [5.74, 6) is 0.646. The van der Waals surface area contributed by atoms with E-state index in [-0.39, 0.29) is 5.91 Å². The zero-order valence-corrected chi connectivity index (χ0v) is 20.2. The summed E-state index contributed by atoms with van der Waals surface area (Å²) < 4.78 is 5.64. The van der Waals surface area contributed by atoms with E-state index >= 15 is 0 Å². The van der Waals surface area contributed by atoms with Crippen LogP contribution in [0.15, 0.2) is 34.9 Å². The number of benzene rings is 1. The summed E-state index contributed by atoms with van der Waals surface area (Å²) in [5, 5.41) is 12.0. The van der Waals surface area contributed by atoms with Gasteiger partial charge >= 0.3 is 0 Å². The van der Waals surface area contributed by atoms with Crippen molar-refractivity contribution in [3.05, 3.63) is 40.5 Å². The number of carbonyl (C=O) groups excluding carboxylic acids is 1. The number of carbonyl (C=O) groups is 1. The van der Waals surface area contributed by atoms with Crippen LogP contribution in [0.2, 0.25) is 0 Å². The molecule has 1 aliphatic heterocycles. The smallest absolute Gasteiger partial charge is 0.253 e. The Morgan fingerprint density at radius 2 is 1.87 bits per heavy atom. The van der Waals surface area contributed by atoms with Gasteiger partial charge in [-0.2, -0.15) is 0 Å². The lowest BCUT2D eigenvalue weighted by Crippen LogP contribution is -2.46. The van der Waals surface area contributed by atoms with Gasteiger partial charge in [0.25, 0.3) is 5.91 Å². The van der Waals surface area contributed by atoms with E-state index in [9.17, 15) is 4.79 Å². The van der Waals surface area contributed by atoms with Crippen LogP contribution < -0.4 is 5.32 Å². The lowest BCUT2D eigenvalue weighted by molar-refractivity contribution is -0.166. The van der Waals surface area contributed by atoms with Gasteiger partial charge in [0, 0.05) is 36.4 Å². The van der Waals surface area contributed by atoms with Crippen molar-refractivity contribution in [2.24, 2.45) is 5.92 Å². The van der Waals surface area contributed by atoms with Gasteiger partial charge in [0.2, 0.25) is 0 Å². The van der Waals surface area contributed by atoms with E-state index in [4.69, 9.17) is 5.11 Å². The first-order valence-corrected chi connectivity index (χ1v) is 11.9. The number of aliphatic hydroxyl groups is 1. The van der Waals surface area contributed by atoms with E-state index in [1.807, 2.05) is 42.4 Å². The Morgan fingerprint density at radius 1 is 1.27 bits per heavy atom. The van der Waals surface area contributed by atoms with Crippen LogP contribution in [-0.2, 0) is 9.53 Å². The van der Waals surface area contributed by atoms with Crippen LogP contribution in [0, 0.1) is 5.92 Å². The Hall–Kier alpha value is -1.37. The van der Waals surface area contributed by atoms with Crippen LogP contribution in [0.1, 0.15) is 57.9 Å². The molecule has 2 N–H and O–H groups in total. The number of halogens is 1. The molecule has 1 saturated heterocycles. The maximum absolute atomic E-state index is 12.8. The molecule has 168 valence electrons. The third-order valence-corrected chi connectivity index (χ3v) is 6.30. The fraction of sp³-hybridized carbons (Fsp3) is 0.625. The summed E-state index contributed by atoms with van der Waals surface area (Å²) in [7, 11) is 2.00. The summed E-state index contributed by atoms with van der Waals surface area (Å²) in [6.45, 7) is 6.51. The predicted octanol–water partition coefficient (Wildman–Crippen LogP) is 4.60. The van der Waals surface area contributed by atoms with Gasteiger partial charge in [0.15, 0.2) is 0 Å². The van der Waals surface area contributed by atoms with Crippen LogP contribution in [0.3, 0.4) is 0 Å². The minimum atomic E-state index is -0.500. The van der Waals surface area contributed by atoms with Gasteiger partial charge < -0.3 is 20.1 Å². The Morgan fingerprint density at radius 3 is 2.37 bits per heavy atom. The van der Waals surface area contributed by atoms with Gasteiger partial charge in [-0.05, 0) is 38.7 Å². The van der Waals surface area contributed by atoms with Crippen LogP contribution in [0.4, 0.5) is 0 Å². The molecule has 1 saturated carbocycles. The van der Waals surface area contributed by atoms with Gasteiger partial charge in [-0.3, -0.25) is 4.79 Å². The second-order valence-electron chi connectivity index (χ2n) is 8.65. The summed E-state index contributed by atoms with van der Waals surface area (Å²) in [6.07, 6.45) is 9.70. The molecule has 6 heteroatoms. The molecule has 0 bridgehead atoms. The van der Waals surface area contributed by atoms with Crippen LogP contribution in [0.25, 0.3) is 5.57 Å². The first-order chi connectivity index (χ1) is 14.3. The van der Waals surface area contributed by atoms with E-state index in [0.717, 1.165) is 28.7 Å². The third kappa shape index (κ3) is 8.40. The minimum absolute atomic E-state index is 0.0199. The number of ether oxygens (including phenoxy) is 1. The molecule has 1 aromatic rings. The second kappa shape index (κ2) is 12.5. The summed E-state index contributed by atoms with van der Waals surface area (Å²) in [5.41, 5.74) is 1.16. The van der Waals surface area contributed by atoms with Crippen molar-refractivity contribution in [2.75, 3.05) is 33.4 Å². The predicted molar refractivity (Wildman–Crippen MR) is 126 cm³/mol. The second-order valence-corrected chi connectivity index (χ2v) is 9.51. The normalized spacial score (nSPS) is 19.0. The minimum Gasteiger partial charge on any atom is -0.385 e. The van der Waals surface area contributed by atoms with Gasteiger partial charge in [0.05, 0.1) is 18.8 Å². The molecular formula is C24H37BrN2O3. The van der Waals surface area contributed by atoms with Crippen molar-refractivity contribution in [2.45, 2.75) is 58.0 Å². The molecule has 2 fully saturated rings. The van der Waals surface area contributed by atoms with Gasteiger partial charge in [-0.15, -0.1) is 0 Å². The highest BCUT2D eigenvalue weighted by Crippen LogP contribution is 2.26. The number of amides is 1. The number of nitrogens with one attached hydrogen (secondary N) is 1. The SMILES string of the molecule is CC1(O)COC1.CCN(C)/C=C(/C(=O)NCC1CCCCCC1)c1ccccc1Br. The molecule has 1 aliphatic carbocycles. The summed E-state index contributed by atoms with van der Waals surface area (Å²) in [6, 6.07) is 7.91. The average Bonchev–Trinajstić information content (AvgIpc) is 2.99. The standard InChI is InChI=1S/C20H29BrN2O.C4H8O2/c1-3-23(2)15-18(17-12-8-9-13-19(17)21)20(24)22-14-16-10-6-4-5-7-11-16;1-4(5)2-6-3-4/h8-9,12-13,15-16H,3-7,10-11,14H2,1-2H3,(H,22,24);5H,2-3H2,1H3/b18-15+;. The van der Waals surface area contributed by atoms with E-state index in [1.54, 1.807) is 6.92 Å². The van der Waals surface area contributed by atoms with E-state index < -0.39 is 5.60 Å². The molecule has 0 unspecified atom stereocenters. The lowest BCUT2D eigenvalue weighted by Gasteiger charge is -2.31. The van der Waals surface area contributed by atoms with E-state index in [2.05, 4.69) is 32.9 Å². The number of hydrogen-bond donors (Lipinski definition) is 2. The Labute approximate surface area is 190 Å². The maximum atomic E-state index is 12.8. The first kappa shape index (κ1) is 24.9.